The molecule has 0 aromatic heterocycles. The van der Waals surface area contributed by atoms with Crippen molar-refractivity contribution in [2.45, 2.75) is 32.6 Å². The maximum atomic E-state index is 2.62. The van der Waals surface area contributed by atoms with E-state index in [2.05, 4.69) is 25.5 Å². The van der Waals surface area contributed by atoms with Crippen LogP contribution in [0.5, 0.6) is 0 Å². The summed E-state index contributed by atoms with van der Waals surface area (Å²) in [6, 6.07) is 0. The van der Waals surface area contributed by atoms with Crippen LogP contribution in [0.25, 0.3) is 0 Å². The molecule has 1 fully saturated rings. The molecule has 0 aliphatic carbocycles. The quantitative estimate of drug-likeness (QED) is 0.637. The van der Waals surface area contributed by atoms with Crippen LogP contribution in [-0.2, 0) is 0 Å². The Morgan fingerprint density at radius 3 is 2.08 bits per heavy atom. The molecular formula is C11H26NP. The van der Waals surface area contributed by atoms with Gasteiger partial charge in [-0.2, -0.15) is 0 Å². The predicted octanol–water partition coefficient (Wildman–Crippen LogP) is 2.85. The fourth-order valence-electron chi connectivity index (χ4n) is 2.50. The molecule has 13 heavy (non-hydrogen) atoms. The van der Waals surface area contributed by atoms with E-state index in [9.17, 15) is 0 Å². The van der Waals surface area contributed by atoms with Crippen LogP contribution < -0.4 is 0 Å². The van der Waals surface area contributed by atoms with Gasteiger partial charge in [-0.25, -0.2) is 0 Å². The molecule has 0 radical (unpaired) electrons. The summed E-state index contributed by atoms with van der Waals surface area (Å²) in [6.07, 6.45) is 10.6. The second-order valence-electron chi connectivity index (χ2n) is 5.06. The number of nitrogens with zero attached hydrogens (tertiary/aromatic N) is 1. The molecule has 0 N–H and O–H groups in total. The van der Waals surface area contributed by atoms with E-state index < -0.39 is 7.26 Å². The zero-order chi connectivity index (χ0) is 9.73. The summed E-state index contributed by atoms with van der Waals surface area (Å²) < 4.78 is 0. The van der Waals surface area contributed by atoms with Crippen LogP contribution in [0.2, 0.25) is 0 Å². The standard InChI is InChI=1S/C11H26NP/c1-4-12(2)11-13(3)9-7-5-6-8-10-13/h13H,4-11H2,1-3H3. The van der Waals surface area contributed by atoms with Gasteiger partial charge in [0.1, 0.15) is 0 Å². The number of hydrogen-bond donors (Lipinski definition) is 0. The molecule has 1 nitrogen and oxygen atoms in total. The molecule has 1 heterocycles. The van der Waals surface area contributed by atoms with E-state index in [1.807, 2.05) is 0 Å². The van der Waals surface area contributed by atoms with Crippen LogP contribution in [0.15, 0.2) is 0 Å². The van der Waals surface area contributed by atoms with Crippen LogP contribution in [0, 0.1) is 0 Å². The average molecular weight is 203 g/mol. The Morgan fingerprint density at radius 1 is 1.08 bits per heavy atom. The number of hydrogen-bond acceptors (Lipinski definition) is 1. The van der Waals surface area contributed by atoms with Gasteiger partial charge in [0.2, 0.25) is 0 Å². The Kier molecular flexibility index (Phi) is 4.69. The molecule has 1 aliphatic heterocycles. The zero-order valence-corrected chi connectivity index (χ0v) is 10.6. The van der Waals surface area contributed by atoms with Crippen molar-refractivity contribution in [3.63, 3.8) is 0 Å². The summed E-state index contributed by atoms with van der Waals surface area (Å²) in [4.78, 5) is 2.53. The summed E-state index contributed by atoms with van der Waals surface area (Å²) in [5.74, 6) is 0. The predicted molar refractivity (Wildman–Crippen MR) is 65.6 cm³/mol. The maximum absolute atomic E-state index is 2.62. The van der Waals surface area contributed by atoms with Crippen molar-refractivity contribution in [2.75, 3.05) is 38.9 Å². The van der Waals surface area contributed by atoms with Gasteiger partial charge in [0.05, 0.1) is 0 Å². The van der Waals surface area contributed by atoms with Crippen molar-refractivity contribution in [2.24, 2.45) is 0 Å². The van der Waals surface area contributed by atoms with Gasteiger partial charge in [0, 0.05) is 0 Å². The third-order valence-corrected chi connectivity index (χ3v) is 7.93. The molecular weight excluding hydrogens is 177 g/mol. The van der Waals surface area contributed by atoms with E-state index in [1.165, 1.54) is 38.5 Å². The normalized spacial score (nSPS) is 25.5. The van der Waals surface area contributed by atoms with Crippen molar-refractivity contribution < 1.29 is 0 Å². The average Bonchev–Trinajstić information content (AvgIpc) is 2.30. The van der Waals surface area contributed by atoms with E-state index in [0.29, 0.717) is 0 Å². The molecule has 0 saturated carbocycles. The first-order valence-electron chi connectivity index (χ1n) is 5.85. The molecule has 1 aliphatic rings. The Bertz CT molecular complexity index is 139. The Morgan fingerprint density at radius 2 is 1.62 bits per heavy atom. The Hall–Kier alpha value is 0.390. The summed E-state index contributed by atoms with van der Waals surface area (Å²) in [5.41, 5.74) is 0. The van der Waals surface area contributed by atoms with Crippen molar-refractivity contribution >= 4 is 7.26 Å². The Balaban J connectivity index is 2.41. The first-order chi connectivity index (χ1) is 6.16. The van der Waals surface area contributed by atoms with Crippen LogP contribution in [-0.4, -0.2) is 43.8 Å². The van der Waals surface area contributed by atoms with Gasteiger partial charge in [-0.05, 0) is 0 Å². The third kappa shape index (κ3) is 3.95. The Labute approximate surface area is 84.2 Å². The monoisotopic (exact) mass is 203 g/mol. The van der Waals surface area contributed by atoms with Crippen LogP contribution in [0.4, 0.5) is 0 Å². The van der Waals surface area contributed by atoms with E-state index in [-0.39, 0.29) is 0 Å². The van der Waals surface area contributed by atoms with E-state index in [4.69, 9.17) is 0 Å². The van der Waals surface area contributed by atoms with Gasteiger partial charge in [-0.3, -0.25) is 0 Å². The SMILES string of the molecule is CCN(C)C[PH]1(C)CCCCCC1. The number of rotatable bonds is 3. The minimum atomic E-state index is -0.845. The van der Waals surface area contributed by atoms with Gasteiger partial charge < -0.3 is 0 Å². The molecule has 1 saturated heterocycles. The van der Waals surface area contributed by atoms with Crippen molar-refractivity contribution in [3.8, 4) is 0 Å². The zero-order valence-electron chi connectivity index (χ0n) is 9.60. The molecule has 0 amide bonds. The molecule has 0 spiro atoms. The fraction of sp³-hybridized carbons (Fsp3) is 1.00. The third-order valence-electron chi connectivity index (χ3n) is 3.50. The first-order valence-corrected chi connectivity index (χ1v) is 8.97. The second-order valence-corrected chi connectivity index (χ2v) is 9.99. The van der Waals surface area contributed by atoms with E-state index in [1.54, 1.807) is 12.3 Å². The summed E-state index contributed by atoms with van der Waals surface area (Å²) in [6.45, 7) is 6.11. The summed E-state index contributed by atoms with van der Waals surface area (Å²) >= 11 is 0. The van der Waals surface area contributed by atoms with Gasteiger partial charge in [-0.15, -0.1) is 0 Å². The van der Waals surface area contributed by atoms with Gasteiger partial charge >= 0.3 is 83.6 Å². The first kappa shape index (κ1) is 11.5. The van der Waals surface area contributed by atoms with Gasteiger partial charge in [0.25, 0.3) is 0 Å². The molecule has 0 aromatic carbocycles. The van der Waals surface area contributed by atoms with Crippen molar-refractivity contribution in [1.29, 1.82) is 0 Å². The van der Waals surface area contributed by atoms with Gasteiger partial charge in [-0.1, -0.05) is 0 Å². The fourth-order valence-corrected chi connectivity index (χ4v) is 6.80. The molecule has 0 atom stereocenters. The van der Waals surface area contributed by atoms with Crippen LogP contribution in [0.3, 0.4) is 0 Å². The summed E-state index contributed by atoms with van der Waals surface area (Å²) in [5, 5.41) is 0. The topological polar surface area (TPSA) is 3.24 Å². The summed E-state index contributed by atoms with van der Waals surface area (Å²) in [7, 11) is 1.44. The molecule has 2 heteroatoms. The van der Waals surface area contributed by atoms with Crippen molar-refractivity contribution in [3.05, 3.63) is 0 Å². The van der Waals surface area contributed by atoms with E-state index >= 15 is 0 Å². The minimum absolute atomic E-state index is 0.845. The molecule has 80 valence electrons. The molecule has 0 bridgehead atoms. The molecule has 1 rings (SSSR count). The van der Waals surface area contributed by atoms with Crippen LogP contribution >= 0.6 is 7.26 Å². The second kappa shape index (κ2) is 5.32. The van der Waals surface area contributed by atoms with Crippen LogP contribution in [0.1, 0.15) is 32.6 Å². The molecule has 0 aromatic rings. The van der Waals surface area contributed by atoms with E-state index in [0.717, 1.165) is 0 Å². The van der Waals surface area contributed by atoms with Gasteiger partial charge in [0.15, 0.2) is 0 Å². The van der Waals surface area contributed by atoms with Crippen molar-refractivity contribution in [1.82, 2.24) is 4.90 Å². The molecule has 0 unspecified atom stereocenters.